The van der Waals surface area contributed by atoms with Gasteiger partial charge in [0.2, 0.25) is 0 Å². The summed E-state index contributed by atoms with van der Waals surface area (Å²) in [7, 11) is 0. The molecule has 2 heterocycles. The summed E-state index contributed by atoms with van der Waals surface area (Å²) in [5.74, 6) is -0.948. The minimum Gasteiger partial charge on any atom is -0.319 e. The van der Waals surface area contributed by atoms with E-state index in [1.165, 1.54) is 29.1 Å². The number of amides is 1. The zero-order valence-electron chi connectivity index (χ0n) is 14.1. The van der Waals surface area contributed by atoms with Gasteiger partial charge >= 0.3 is 0 Å². The number of anilines is 1. The highest BCUT2D eigenvalue weighted by Gasteiger charge is 2.14. The predicted octanol–water partition coefficient (Wildman–Crippen LogP) is 3.49. The number of hydrogen-bond acceptors (Lipinski definition) is 6. The zero-order valence-corrected chi connectivity index (χ0v) is 14.9. The lowest BCUT2D eigenvalue weighted by Gasteiger charge is -2.04. The first-order valence-corrected chi connectivity index (χ1v) is 8.86. The number of nitrogens with one attached hydrogen (secondary N) is 1. The number of aromatic nitrogens is 5. The molecular formula is C18H13FN6OS. The van der Waals surface area contributed by atoms with Crippen molar-refractivity contribution in [2.45, 2.75) is 6.92 Å². The maximum Gasteiger partial charge on any atom is 0.297 e. The van der Waals surface area contributed by atoms with Crippen molar-refractivity contribution < 1.29 is 9.18 Å². The van der Waals surface area contributed by atoms with Crippen molar-refractivity contribution in [3.05, 3.63) is 70.6 Å². The van der Waals surface area contributed by atoms with Crippen LogP contribution >= 0.6 is 11.3 Å². The van der Waals surface area contributed by atoms with Crippen LogP contribution in [0.25, 0.3) is 16.9 Å². The van der Waals surface area contributed by atoms with E-state index in [0.717, 1.165) is 16.3 Å². The Hall–Kier alpha value is -3.46. The molecule has 0 spiro atoms. The summed E-state index contributed by atoms with van der Waals surface area (Å²) < 4.78 is 13.0. The van der Waals surface area contributed by atoms with Gasteiger partial charge in [0.25, 0.3) is 11.7 Å². The Labute approximate surface area is 157 Å². The maximum absolute atomic E-state index is 13.0. The van der Waals surface area contributed by atoms with Gasteiger partial charge in [-0.15, -0.1) is 26.3 Å². The number of thiazole rings is 1. The van der Waals surface area contributed by atoms with Crippen LogP contribution in [0.1, 0.15) is 15.6 Å². The fraction of sp³-hybridized carbons (Fsp3) is 0.0556. The SMILES string of the molecule is Cc1nc(-c2cccc(NC(=O)c3nnn(-c4ccc(F)cc4)n3)c2)cs1. The van der Waals surface area contributed by atoms with E-state index in [1.54, 1.807) is 17.4 Å². The third-order valence-electron chi connectivity index (χ3n) is 3.71. The fourth-order valence-corrected chi connectivity index (χ4v) is 3.05. The minimum absolute atomic E-state index is 0.0887. The second-order valence-electron chi connectivity index (χ2n) is 5.67. The number of halogens is 1. The summed E-state index contributed by atoms with van der Waals surface area (Å²) in [5, 5.41) is 17.3. The maximum atomic E-state index is 13.0. The van der Waals surface area contributed by atoms with Gasteiger partial charge in [-0.3, -0.25) is 4.79 Å². The highest BCUT2D eigenvalue weighted by molar-refractivity contribution is 7.09. The molecule has 4 aromatic rings. The molecular weight excluding hydrogens is 367 g/mol. The normalized spacial score (nSPS) is 10.7. The largest absolute Gasteiger partial charge is 0.319 e. The summed E-state index contributed by atoms with van der Waals surface area (Å²) >= 11 is 1.56. The summed E-state index contributed by atoms with van der Waals surface area (Å²) in [5.41, 5.74) is 2.86. The van der Waals surface area contributed by atoms with Gasteiger partial charge in [-0.25, -0.2) is 9.37 Å². The van der Waals surface area contributed by atoms with Crippen LogP contribution in [0, 0.1) is 12.7 Å². The van der Waals surface area contributed by atoms with E-state index >= 15 is 0 Å². The van der Waals surface area contributed by atoms with Crippen molar-refractivity contribution in [3.8, 4) is 16.9 Å². The highest BCUT2D eigenvalue weighted by Crippen LogP contribution is 2.24. The van der Waals surface area contributed by atoms with Crippen molar-refractivity contribution in [2.24, 2.45) is 0 Å². The second kappa shape index (κ2) is 7.04. The number of carbonyl (C=O) groups is 1. The summed E-state index contributed by atoms with van der Waals surface area (Å²) in [6.45, 7) is 1.94. The predicted molar refractivity (Wildman–Crippen MR) is 99.4 cm³/mol. The Morgan fingerprint density at radius 2 is 2.00 bits per heavy atom. The van der Waals surface area contributed by atoms with Crippen LogP contribution in [-0.4, -0.2) is 31.1 Å². The third-order valence-corrected chi connectivity index (χ3v) is 4.48. The molecule has 0 fully saturated rings. The molecule has 0 bridgehead atoms. The second-order valence-corrected chi connectivity index (χ2v) is 6.73. The van der Waals surface area contributed by atoms with E-state index in [0.29, 0.717) is 11.4 Å². The number of aryl methyl sites for hydroxylation is 1. The Balaban J connectivity index is 1.52. The monoisotopic (exact) mass is 380 g/mol. The van der Waals surface area contributed by atoms with E-state index in [4.69, 9.17) is 0 Å². The molecule has 134 valence electrons. The molecule has 4 rings (SSSR count). The van der Waals surface area contributed by atoms with Gasteiger partial charge in [0.05, 0.1) is 16.4 Å². The molecule has 0 radical (unpaired) electrons. The summed E-state index contributed by atoms with van der Waals surface area (Å²) in [4.78, 5) is 18.0. The van der Waals surface area contributed by atoms with Crippen LogP contribution in [-0.2, 0) is 0 Å². The molecule has 1 amide bonds. The molecule has 0 unspecified atom stereocenters. The number of carbonyl (C=O) groups excluding carboxylic acids is 1. The lowest BCUT2D eigenvalue weighted by Crippen LogP contribution is -2.14. The van der Waals surface area contributed by atoms with Crippen LogP contribution in [0.4, 0.5) is 10.1 Å². The first-order valence-electron chi connectivity index (χ1n) is 7.98. The molecule has 9 heteroatoms. The van der Waals surface area contributed by atoms with E-state index in [1.807, 2.05) is 30.5 Å². The molecule has 0 aliphatic heterocycles. The van der Waals surface area contributed by atoms with Crippen LogP contribution in [0.5, 0.6) is 0 Å². The third kappa shape index (κ3) is 3.72. The van der Waals surface area contributed by atoms with Gasteiger partial charge in [-0.05, 0) is 48.5 Å². The molecule has 2 aromatic heterocycles. The topological polar surface area (TPSA) is 85.6 Å². The van der Waals surface area contributed by atoms with Gasteiger partial charge in [0, 0.05) is 16.6 Å². The first-order chi connectivity index (χ1) is 13.1. The average Bonchev–Trinajstić information content (AvgIpc) is 3.32. The van der Waals surface area contributed by atoms with Gasteiger partial charge < -0.3 is 5.32 Å². The molecule has 7 nitrogen and oxygen atoms in total. The highest BCUT2D eigenvalue weighted by atomic mass is 32.1. The number of tetrazole rings is 1. The van der Waals surface area contributed by atoms with Crippen LogP contribution in [0.2, 0.25) is 0 Å². The molecule has 2 aromatic carbocycles. The molecule has 0 aliphatic rings. The molecule has 0 atom stereocenters. The summed E-state index contributed by atoms with van der Waals surface area (Å²) in [6, 6.07) is 12.9. The Morgan fingerprint density at radius 1 is 1.19 bits per heavy atom. The van der Waals surface area contributed by atoms with Gasteiger partial charge in [0.1, 0.15) is 5.82 Å². The van der Waals surface area contributed by atoms with Gasteiger partial charge in [-0.2, -0.15) is 0 Å². The number of hydrogen-bond donors (Lipinski definition) is 1. The molecule has 0 saturated carbocycles. The van der Waals surface area contributed by atoms with Crippen molar-refractivity contribution in [2.75, 3.05) is 5.32 Å². The average molecular weight is 380 g/mol. The molecule has 0 aliphatic carbocycles. The first kappa shape index (κ1) is 17.0. The van der Waals surface area contributed by atoms with Gasteiger partial charge in [0.15, 0.2) is 0 Å². The van der Waals surface area contributed by atoms with Crippen molar-refractivity contribution >= 4 is 22.9 Å². The molecule has 1 N–H and O–H groups in total. The zero-order chi connectivity index (χ0) is 18.8. The lowest BCUT2D eigenvalue weighted by atomic mass is 10.1. The summed E-state index contributed by atoms with van der Waals surface area (Å²) in [6.07, 6.45) is 0. The van der Waals surface area contributed by atoms with Crippen LogP contribution < -0.4 is 5.32 Å². The van der Waals surface area contributed by atoms with E-state index in [-0.39, 0.29) is 11.6 Å². The quantitative estimate of drug-likeness (QED) is 0.586. The van der Waals surface area contributed by atoms with Crippen molar-refractivity contribution in [1.29, 1.82) is 0 Å². The Morgan fingerprint density at radius 3 is 2.74 bits per heavy atom. The van der Waals surface area contributed by atoms with Crippen LogP contribution in [0.3, 0.4) is 0 Å². The Bertz CT molecular complexity index is 1110. The van der Waals surface area contributed by atoms with E-state index in [2.05, 4.69) is 25.7 Å². The standard InChI is InChI=1S/C18H13FN6OS/c1-11-20-16(10-27-11)12-3-2-4-14(9-12)21-18(26)17-22-24-25(23-17)15-7-5-13(19)6-8-15/h2-10H,1H3,(H,21,26). The molecule has 0 saturated heterocycles. The van der Waals surface area contributed by atoms with Crippen molar-refractivity contribution in [3.63, 3.8) is 0 Å². The Kier molecular flexibility index (Phi) is 4.43. The lowest BCUT2D eigenvalue weighted by molar-refractivity contribution is 0.101. The van der Waals surface area contributed by atoms with Crippen LogP contribution in [0.15, 0.2) is 53.9 Å². The van der Waals surface area contributed by atoms with E-state index in [9.17, 15) is 9.18 Å². The molecule has 27 heavy (non-hydrogen) atoms. The number of nitrogens with zero attached hydrogens (tertiary/aromatic N) is 5. The smallest absolute Gasteiger partial charge is 0.297 e. The fourth-order valence-electron chi connectivity index (χ4n) is 2.43. The van der Waals surface area contributed by atoms with Gasteiger partial charge in [-0.1, -0.05) is 12.1 Å². The van der Waals surface area contributed by atoms with E-state index < -0.39 is 5.91 Å². The minimum atomic E-state index is -0.491. The van der Waals surface area contributed by atoms with Crippen molar-refractivity contribution in [1.82, 2.24) is 25.2 Å². The number of rotatable bonds is 4. The number of benzene rings is 2.